The molecule has 4 N–H and O–H groups in total. The molecule has 0 radical (unpaired) electrons. The van der Waals surface area contributed by atoms with Gasteiger partial charge in [0.25, 0.3) is 5.91 Å². The average molecular weight is 451 g/mol. The quantitative estimate of drug-likeness (QED) is 0.428. The summed E-state index contributed by atoms with van der Waals surface area (Å²) in [5, 5.41) is 26.6. The first-order valence-electron chi connectivity index (χ1n) is 10.1. The van der Waals surface area contributed by atoms with E-state index in [1.165, 1.54) is 0 Å². The molecule has 2 aromatic carbocycles. The van der Waals surface area contributed by atoms with Gasteiger partial charge in [-0.05, 0) is 29.2 Å². The third-order valence-electron chi connectivity index (χ3n) is 5.37. The van der Waals surface area contributed by atoms with Crippen molar-refractivity contribution in [2.75, 3.05) is 18.5 Å². The minimum atomic E-state index is -2.14. The van der Waals surface area contributed by atoms with E-state index in [0.717, 1.165) is 35.2 Å². The van der Waals surface area contributed by atoms with Gasteiger partial charge in [0.05, 0.1) is 6.54 Å². The molecule has 10 nitrogen and oxygen atoms in total. The van der Waals surface area contributed by atoms with Crippen LogP contribution in [0.2, 0.25) is 0 Å². The number of carbonyl (C=O) groups excluding carboxylic acids is 2. The van der Waals surface area contributed by atoms with E-state index < -0.39 is 30.1 Å². The maximum absolute atomic E-state index is 12.3. The second-order valence-corrected chi connectivity index (χ2v) is 7.79. The number of aliphatic hydroxyl groups is 1. The Bertz CT molecular complexity index is 1170. The molecule has 2 amide bonds. The Morgan fingerprint density at radius 3 is 2.30 bits per heavy atom. The molecular formula is C23H21N3O7. The highest BCUT2D eigenvalue weighted by Gasteiger charge is 2.31. The summed E-state index contributed by atoms with van der Waals surface area (Å²) >= 11 is 0. The molecule has 0 bridgehead atoms. The van der Waals surface area contributed by atoms with Crippen molar-refractivity contribution in [1.82, 2.24) is 10.5 Å². The molecule has 1 heterocycles. The van der Waals surface area contributed by atoms with Crippen LogP contribution in [0.1, 0.15) is 34.5 Å². The molecule has 0 fully saturated rings. The fourth-order valence-corrected chi connectivity index (χ4v) is 3.59. The topological polar surface area (TPSA) is 151 Å². The number of nitrogens with one attached hydrogen (secondary N) is 2. The average Bonchev–Trinajstić information content (AvgIpc) is 3.39. The number of nitrogens with zero attached hydrogens (tertiary/aromatic N) is 1. The number of aromatic nitrogens is 1. The third kappa shape index (κ3) is 4.55. The first-order chi connectivity index (χ1) is 15.8. The minimum absolute atomic E-state index is 0.103. The van der Waals surface area contributed by atoms with E-state index >= 15 is 0 Å². The Morgan fingerprint density at radius 1 is 1.09 bits per heavy atom. The molecule has 0 saturated heterocycles. The molecule has 10 heteroatoms. The zero-order valence-electron chi connectivity index (χ0n) is 17.6. The van der Waals surface area contributed by atoms with Gasteiger partial charge in [-0.25, -0.2) is 9.59 Å². The van der Waals surface area contributed by atoms with Crippen molar-refractivity contribution in [1.29, 1.82) is 0 Å². The van der Waals surface area contributed by atoms with E-state index in [-0.39, 0.29) is 24.1 Å². The van der Waals surface area contributed by atoms with Gasteiger partial charge in [-0.15, -0.1) is 0 Å². The van der Waals surface area contributed by atoms with Gasteiger partial charge in [-0.2, -0.15) is 0 Å². The molecular weight excluding hydrogens is 430 g/mol. The summed E-state index contributed by atoms with van der Waals surface area (Å²) in [6, 6.07) is 17.0. The lowest BCUT2D eigenvalue weighted by Crippen LogP contribution is -2.46. The van der Waals surface area contributed by atoms with Gasteiger partial charge >= 0.3 is 12.1 Å². The van der Waals surface area contributed by atoms with Gasteiger partial charge in [-0.1, -0.05) is 53.7 Å². The van der Waals surface area contributed by atoms with Crippen molar-refractivity contribution in [3.8, 4) is 11.1 Å². The van der Waals surface area contributed by atoms with E-state index in [4.69, 9.17) is 14.4 Å². The Balaban J connectivity index is 1.35. The number of hydrogen-bond acceptors (Lipinski definition) is 7. The number of rotatable bonds is 7. The Labute approximate surface area is 188 Å². The van der Waals surface area contributed by atoms with Crippen LogP contribution in [0, 0.1) is 0 Å². The Kier molecular flexibility index (Phi) is 5.84. The molecule has 1 unspecified atom stereocenters. The molecule has 1 aliphatic rings. The standard InChI is InChI=1S/C23H21N3O7/c1-23(31,21(28)29)12-24-20(27)18-10-19(33-26-18)25-22(30)32-11-17-15-8-4-2-6-13(15)14-7-3-5-9-16(14)17/h2-10,17,31H,11-12H2,1H3,(H,24,27)(H,25,30)(H,28,29). The summed E-state index contributed by atoms with van der Waals surface area (Å²) in [6.07, 6.45) is -0.784. The summed E-state index contributed by atoms with van der Waals surface area (Å²) in [7, 11) is 0. The lowest BCUT2D eigenvalue weighted by molar-refractivity contribution is -0.155. The van der Waals surface area contributed by atoms with E-state index in [9.17, 15) is 19.5 Å². The molecule has 4 rings (SSSR count). The van der Waals surface area contributed by atoms with Crippen LogP contribution in [0.3, 0.4) is 0 Å². The third-order valence-corrected chi connectivity index (χ3v) is 5.37. The molecule has 0 saturated carbocycles. The van der Waals surface area contributed by atoms with Crippen LogP contribution >= 0.6 is 0 Å². The van der Waals surface area contributed by atoms with Gasteiger partial charge in [0, 0.05) is 12.0 Å². The van der Waals surface area contributed by atoms with E-state index in [1.807, 2.05) is 48.5 Å². The molecule has 0 spiro atoms. The SMILES string of the molecule is CC(O)(CNC(=O)c1cc(NC(=O)OCC2c3ccccc3-c3ccccc32)on1)C(=O)O. The van der Waals surface area contributed by atoms with Crippen LogP contribution in [0.5, 0.6) is 0 Å². The van der Waals surface area contributed by atoms with Crippen LogP contribution in [-0.2, 0) is 9.53 Å². The van der Waals surface area contributed by atoms with Crippen LogP contribution in [0.4, 0.5) is 10.7 Å². The maximum atomic E-state index is 12.3. The summed E-state index contributed by atoms with van der Waals surface area (Å²) in [6.45, 7) is 0.608. The van der Waals surface area contributed by atoms with Crippen molar-refractivity contribution in [3.05, 3.63) is 71.4 Å². The molecule has 0 aliphatic heterocycles. The molecule has 1 aromatic heterocycles. The molecule has 33 heavy (non-hydrogen) atoms. The smallest absolute Gasteiger partial charge is 0.414 e. The monoisotopic (exact) mass is 451 g/mol. The fraction of sp³-hybridized carbons (Fsp3) is 0.217. The number of benzene rings is 2. The lowest BCUT2D eigenvalue weighted by atomic mass is 9.98. The number of ether oxygens (including phenoxy) is 1. The Hall–Kier alpha value is -4.18. The maximum Gasteiger partial charge on any atom is 0.414 e. The van der Waals surface area contributed by atoms with Crippen molar-refractivity contribution in [3.63, 3.8) is 0 Å². The second-order valence-electron chi connectivity index (χ2n) is 7.79. The predicted octanol–water partition coefficient (Wildman–Crippen LogP) is 2.60. The van der Waals surface area contributed by atoms with Gasteiger partial charge in [0.1, 0.15) is 6.61 Å². The normalized spacial score (nSPS) is 14.0. The Morgan fingerprint density at radius 2 is 1.70 bits per heavy atom. The highest BCUT2D eigenvalue weighted by Crippen LogP contribution is 2.44. The van der Waals surface area contributed by atoms with Gasteiger partial charge in [0.15, 0.2) is 11.3 Å². The number of hydrogen-bond donors (Lipinski definition) is 4. The van der Waals surface area contributed by atoms with Crippen molar-refractivity contribution in [2.24, 2.45) is 0 Å². The van der Waals surface area contributed by atoms with Crippen LogP contribution in [-0.4, -0.2) is 52.1 Å². The number of aliphatic carboxylic acids is 1. The highest BCUT2D eigenvalue weighted by molar-refractivity contribution is 5.94. The van der Waals surface area contributed by atoms with Crippen LogP contribution in [0.15, 0.2) is 59.1 Å². The fourth-order valence-electron chi connectivity index (χ4n) is 3.59. The van der Waals surface area contributed by atoms with Crippen LogP contribution in [0.25, 0.3) is 11.1 Å². The van der Waals surface area contributed by atoms with Gasteiger partial charge in [0.2, 0.25) is 5.88 Å². The zero-order valence-corrected chi connectivity index (χ0v) is 17.6. The first kappa shape index (κ1) is 22.0. The number of anilines is 1. The summed E-state index contributed by atoms with van der Waals surface area (Å²) < 4.78 is 10.3. The molecule has 1 atom stereocenters. The number of carboxylic acids is 1. The minimum Gasteiger partial charge on any atom is -0.479 e. The second kappa shape index (κ2) is 8.75. The van der Waals surface area contributed by atoms with E-state index in [2.05, 4.69) is 15.8 Å². The van der Waals surface area contributed by atoms with Gasteiger partial charge < -0.3 is 24.8 Å². The van der Waals surface area contributed by atoms with Crippen molar-refractivity contribution >= 4 is 23.9 Å². The van der Waals surface area contributed by atoms with E-state index in [1.54, 1.807) is 0 Å². The first-order valence-corrected chi connectivity index (χ1v) is 10.1. The molecule has 170 valence electrons. The summed E-state index contributed by atoms with van der Waals surface area (Å²) in [5.41, 5.74) is 2.02. The lowest BCUT2D eigenvalue weighted by Gasteiger charge is -2.17. The largest absolute Gasteiger partial charge is 0.479 e. The number of amides is 2. The number of carboxylic acid groups (broad SMARTS) is 1. The summed E-state index contributed by atoms with van der Waals surface area (Å²) in [4.78, 5) is 35.2. The highest BCUT2D eigenvalue weighted by atomic mass is 16.6. The van der Waals surface area contributed by atoms with Crippen LogP contribution < -0.4 is 10.6 Å². The zero-order chi connectivity index (χ0) is 23.6. The van der Waals surface area contributed by atoms with Gasteiger partial charge in [-0.3, -0.25) is 10.1 Å². The molecule has 3 aromatic rings. The number of fused-ring (bicyclic) bond motifs is 3. The summed E-state index contributed by atoms with van der Waals surface area (Å²) in [5.74, 6) is -2.50. The number of carbonyl (C=O) groups is 3. The van der Waals surface area contributed by atoms with Crippen molar-refractivity contribution < 1.29 is 33.9 Å². The van der Waals surface area contributed by atoms with E-state index in [0.29, 0.717) is 0 Å². The predicted molar refractivity (Wildman–Crippen MR) is 116 cm³/mol. The molecule has 1 aliphatic carbocycles. The van der Waals surface area contributed by atoms with Crippen molar-refractivity contribution in [2.45, 2.75) is 18.4 Å².